The number of hydrogen-bond donors (Lipinski definition) is 5. The van der Waals surface area contributed by atoms with Crippen LogP contribution in [0.25, 0.3) is 0 Å². The van der Waals surface area contributed by atoms with Crippen molar-refractivity contribution in [3.63, 3.8) is 0 Å². The lowest BCUT2D eigenvalue weighted by molar-refractivity contribution is -0.742. The fourth-order valence-electron chi connectivity index (χ4n) is 0.748. The Morgan fingerprint density at radius 3 is 1.40 bits per heavy atom. The van der Waals surface area contributed by atoms with E-state index in [9.17, 15) is 0 Å². The van der Waals surface area contributed by atoms with Gasteiger partial charge in [-0.2, -0.15) is 10.2 Å². The number of hydrogen-bond acceptors (Lipinski definition) is 6. The van der Waals surface area contributed by atoms with Gasteiger partial charge in [-0.25, -0.2) is 0 Å². The average molecular weight is 289 g/mol. The summed E-state index contributed by atoms with van der Waals surface area (Å²) in [7, 11) is 0. The molecule has 0 aliphatic carbocycles. The summed E-state index contributed by atoms with van der Waals surface area (Å²) in [5.41, 5.74) is 22.1. The maximum absolute atomic E-state index is 8.36. The molecule has 0 aliphatic rings. The fourth-order valence-corrected chi connectivity index (χ4v) is 0.748. The van der Waals surface area contributed by atoms with E-state index in [1.54, 1.807) is 0 Å². The topological polar surface area (TPSA) is 217 Å². The minimum Gasteiger partial charge on any atom is -0.369 e. The molecule has 0 saturated carbocycles. The first-order valence-corrected chi connectivity index (χ1v) is 5.22. The van der Waals surface area contributed by atoms with Crippen molar-refractivity contribution >= 4 is 23.3 Å². The molecule has 9 N–H and O–H groups in total. The smallest absolute Gasteiger partial charge is 0.291 e. The molecule has 0 radical (unpaired) electrons. The van der Waals surface area contributed by atoms with Crippen LogP contribution >= 0.6 is 0 Å². The van der Waals surface area contributed by atoms with Gasteiger partial charge in [0.2, 0.25) is 11.9 Å². The van der Waals surface area contributed by atoms with Crippen molar-refractivity contribution in [2.45, 2.75) is 26.7 Å². The quantitative estimate of drug-likeness (QED) is 0.178. The molecule has 20 heavy (non-hydrogen) atoms. The molecule has 0 unspecified atom stereocenters. The predicted molar refractivity (Wildman–Crippen MR) is 75.9 cm³/mol. The van der Waals surface area contributed by atoms with Crippen LogP contribution in [0.4, 0.5) is 0 Å². The minimum absolute atomic E-state index is 0.0646. The summed E-state index contributed by atoms with van der Waals surface area (Å²) < 4.78 is 0. The molecule has 0 heterocycles. The van der Waals surface area contributed by atoms with Crippen molar-refractivity contribution in [3.8, 4) is 0 Å². The maximum atomic E-state index is 8.36. The van der Waals surface area contributed by atoms with E-state index in [0.717, 1.165) is 11.4 Å². The third-order valence-corrected chi connectivity index (χ3v) is 1.52. The molecule has 0 aromatic heterocycles. The molecule has 0 atom stereocenters. The standard InChI is InChI=1S/C8H18N8.HNO3/c1-5(13-15-7(9)10)3-4-6(2)14-16-8(11)12;2-1(3)4/h3-4H2,1-2H3,(H4,9,10,15)(H4,11,12,16);(H,2,3,4)/b13-5-,14-6+;. The van der Waals surface area contributed by atoms with Gasteiger partial charge in [0.15, 0.2) is 0 Å². The molecule has 0 amide bonds. The van der Waals surface area contributed by atoms with Gasteiger partial charge in [-0.15, -0.1) is 20.3 Å². The first-order chi connectivity index (χ1) is 9.15. The van der Waals surface area contributed by atoms with E-state index in [1.165, 1.54) is 0 Å². The van der Waals surface area contributed by atoms with Gasteiger partial charge in [0.25, 0.3) is 5.09 Å². The van der Waals surface area contributed by atoms with E-state index in [1.807, 2.05) is 13.8 Å². The lowest BCUT2D eigenvalue weighted by Gasteiger charge is -1.97. The van der Waals surface area contributed by atoms with Crippen molar-refractivity contribution in [3.05, 3.63) is 10.1 Å². The normalized spacial score (nSPS) is 10.9. The Kier molecular flexibility index (Phi) is 10.9. The Balaban J connectivity index is 0. The predicted octanol–water partition coefficient (Wildman–Crippen LogP) is -1.28. The van der Waals surface area contributed by atoms with Gasteiger partial charge >= 0.3 is 0 Å². The van der Waals surface area contributed by atoms with E-state index >= 15 is 0 Å². The van der Waals surface area contributed by atoms with E-state index in [0.29, 0.717) is 12.8 Å². The second-order valence-electron chi connectivity index (χ2n) is 3.46. The molecule has 12 nitrogen and oxygen atoms in total. The van der Waals surface area contributed by atoms with Gasteiger partial charge in [-0.3, -0.25) is 0 Å². The Hall–Kier alpha value is -2.92. The van der Waals surface area contributed by atoms with E-state index < -0.39 is 5.09 Å². The molecule has 0 aromatic rings. The van der Waals surface area contributed by atoms with Gasteiger partial charge < -0.3 is 28.1 Å². The molecule has 0 rings (SSSR count). The van der Waals surface area contributed by atoms with Crippen LogP contribution in [-0.4, -0.2) is 33.6 Å². The van der Waals surface area contributed by atoms with Crippen LogP contribution in [0.2, 0.25) is 0 Å². The van der Waals surface area contributed by atoms with Crippen LogP contribution in [-0.2, 0) is 0 Å². The van der Waals surface area contributed by atoms with Crippen LogP contribution in [0, 0.1) is 10.1 Å². The summed E-state index contributed by atoms with van der Waals surface area (Å²) in [6, 6.07) is 0. The largest absolute Gasteiger partial charge is 0.369 e. The van der Waals surface area contributed by atoms with Crippen molar-refractivity contribution < 1.29 is 10.3 Å². The van der Waals surface area contributed by atoms with Crippen molar-refractivity contribution in [1.29, 1.82) is 0 Å². The van der Waals surface area contributed by atoms with Gasteiger partial charge in [0, 0.05) is 11.4 Å². The molecule has 0 bridgehead atoms. The van der Waals surface area contributed by atoms with Crippen LogP contribution in [0.5, 0.6) is 0 Å². The fraction of sp³-hybridized carbons (Fsp3) is 0.500. The second kappa shape index (κ2) is 11.2. The van der Waals surface area contributed by atoms with Crippen molar-refractivity contribution in [2.24, 2.45) is 43.3 Å². The zero-order valence-corrected chi connectivity index (χ0v) is 11.2. The summed E-state index contributed by atoms with van der Waals surface area (Å²) in [5, 5.41) is 28.3. The molecule has 114 valence electrons. The molecular weight excluding hydrogens is 270 g/mol. The van der Waals surface area contributed by atoms with E-state index in [4.69, 9.17) is 38.3 Å². The number of rotatable bonds is 5. The number of nitrogens with zero attached hydrogens (tertiary/aromatic N) is 5. The third-order valence-electron chi connectivity index (χ3n) is 1.52. The molecule has 0 fully saturated rings. The van der Waals surface area contributed by atoms with Crippen molar-refractivity contribution in [1.82, 2.24) is 0 Å². The van der Waals surface area contributed by atoms with Gasteiger partial charge in [-0.1, -0.05) is 0 Å². The van der Waals surface area contributed by atoms with Crippen LogP contribution in [0.1, 0.15) is 26.7 Å². The molecule has 0 aromatic carbocycles. The van der Waals surface area contributed by atoms with Crippen LogP contribution < -0.4 is 22.9 Å². The monoisotopic (exact) mass is 289 g/mol. The Morgan fingerprint density at radius 2 is 1.20 bits per heavy atom. The van der Waals surface area contributed by atoms with E-state index in [2.05, 4.69) is 20.4 Å². The average Bonchev–Trinajstić information content (AvgIpc) is 2.30. The highest BCUT2D eigenvalue weighted by molar-refractivity contribution is 5.90. The molecule has 12 heteroatoms. The maximum Gasteiger partial charge on any atom is 0.291 e. The first-order valence-electron chi connectivity index (χ1n) is 5.22. The van der Waals surface area contributed by atoms with Crippen LogP contribution in [0.3, 0.4) is 0 Å². The summed E-state index contributed by atoms with van der Waals surface area (Å²) in [5.74, 6) is -0.129. The molecule has 0 aliphatic heterocycles. The highest BCUT2D eigenvalue weighted by atomic mass is 16.9. The Bertz CT molecular complexity index is 381. The van der Waals surface area contributed by atoms with Gasteiger partial charge in [0.1, 0.15) is 0 Å². The lowest BCUT2D eigenvalue weighted by atomic mass is 10.2. The molecular formula is C8H19N9O3. The van der Waals surface area contributed by atoms with Crippen molar-refractivity contribution in [2.75, 3.05) is 0 Å². The van der Waals surface area contributed by atoms with Gasteiger partial charge in [0.05, 0.1) is 0 Å². The summed E-state index contributed by atoms with van der Waals surface area (Å²) >= 11 is 0. The highest BCUT2D eigenvalue weighted by Gasteiger charge is 1.95. The highest BCUT2D eigenvalue weighted by Crippen LogP contribution is 1.97. The third kappa shape index (κ3) is 20.5. The summed E-state index contributed by atoms with van der Waals surface area (Å²) in [6.07, 6.45) is 1.37. The zero-order valence-electron chi connectivity index (χ0n) is 11.2. The zero-order chi connectivity index (χ0) is 16.1. The molecule has 0 saturated heterocycles. The lowest BCUT2D eigenvalue weighted by Crippen LogP contribution is -2.22. The van der Waals surface area contributed by atoms with Crippen LogP contribution in [0.15, 0.2) is 20.4 Å². The number of nitrogens with two attached hydrogens (primary N) is 4. The van der Waals surface area contributed by atoms with Gasteiger partial charge in [-0.05, 0) is 26.7 Å². The molecule has 0 spiro atoms. The number of guanidine groups is 2. The SMILES string of the molecule is C/C(CC/C(C)=N/N=C(N)N)=N/N=C(N)N.O=[N+]([O-])O. The minimum atomic E-state index is -1.50. The Morgan fingerprint density at radius 1 is 0.950 bits per heavy atom. The second-order valence-corrected chi connectivity index (χ2v) is 3.46. The summed E-state index contributed by atoms with van der Waals surface area (Å²) in [6.45, 7) is 3.64. The van der Waals surface area contributed by atoms with E-state index in [-0.39, 0.29) is 11.9 Å². The Labute approximate surface area is 115 Å². The summed E-state index contributed by atoms with van der Waals surface area (Å²) in [4.78, 5) is 8.36. The first kappa shape index (κ1) is 19.4.